The average molecular weight is 213 g/mol. The molecule has 0 aliphatic carbocycles. The molecular formula is C9H15N3OS. The van der Waals surface area contributed by atoms with Crippen LogP contribution in [0.3, 0.4) is 0 Å². The molecule has 0 aliphatic heterocycles. The third-order valence-electron chi connectivity index (χ3n) is 1.79. The molecule has 0 unspecified atom stereocenters. The second kappa shape index (κ2) is 5.72. The van der Waals surface area contributed by atoms with E-state index in [9.17, 15) is 4.79 Å². The average Bonchev–Trinajstić information content (AvgIpc) is 2.52. The van der Waals surface area contributed by atoms with E-state index in [1.54, 1.807) is 11.3 Å². The van der Waals surface area contributed by atoms with Crippen LogP contribution in [0.4, 0.5) is 0 Å². The number of nitrogens with zero attached hydrogens (tertiary/aromatic N) is 1. The van der Waals surface area contributed by atoms with Gasteiger partial charge in [-0.3, -0.25) is 4.79 Å². The predicted molar refractivity (Wildman–Crippen MR) is 57.2 cm³/mol. The van der Waals surface area contributed by atoms with Gasteiger partial charge in [0.2, 0.25) is 5.91 Å². The molecular weight excluding hydrogens is 198 g/mol. The van der Waals surface area contributed by atoms with Crippen molar-refractivity contribution in [1.82, 2.24) is 15.6 Å². The lowest BCUT2D eigenvalue weighted by Gasteiger charge is -2.03. The van der Waals surface area contributed by atoms with Gasteiger partial charge in [-0.15, -0.1) is 11.3 Å². The highest BCUT2D eigenvalue weighted by atomic mass is 32.1. The molecule has 1 aromatic heterocycles. The van der Waals surface area contributed by atoms with E-state index >= 15 is 0 Å². The summed E-state index contributed by atoms with van der Waals surface area (Å²) in [5.41, 5.74) is 2.86. The van der Waals surface area contributed by atoms with E-state index in [4.69, 9.17) is 0 Å². The first-order chi connectivity index (χ1) is 6.74. The first kappa shape index (κ1) is 11.1. The Morgan fingerprint density at radius 2 is 2.43 bits per heavy atom. The van der Waals surface area contributed by atoms with Gasteiger partial charge in [0.15, 0.2) is 0 Å². The minimum Gasteiger partial charge on any atom is -0.355 e. The molecule has 1 aromatic rings. The maximum atomic E-state index is 11.1. The third-order valence-corrected chi connectivity index (χ3v) is 2.73. The van der Waals surface area contributed by atoms with Crippen LogP contribution >= 0.6 is 11.3 Å². The summed E-state index contributed by atoms with van der Waals surface area (Å²) in [5.74, 6) is 0.0367. The van der Waals surface area contributed by atoms with Crippen molar-refractivity contribution in [2.75, 3.05) is 13.1 Å². The molecule has 1 amide bonds. The van der Waals surface area contributed by atoms with Crippen LogP contribution in [-0.4, -0.2) is 24.0 Å². The number of nitrogens with one attached hydrogen (secondary N) is 2. The first-order valence-electron chi connectivity index (χ1n) is 4.60. The monoisotopic (exact) mass is 213 g/mol. The molecule has 0 radical (unpaired) electrons. The molecule has 4 nitrogen and oxygen atoms in total. The summed E-state index contributed by atoms with van der Waals surface area (Å²) in [7, 11) is 0. The molecule has 0 bridgehead atoms. The lowest BCUT2D eigenvalue weighted by atomic mass is 10.4. The predicted octanol–water partition coefficient (Wildman–Crippen LogP) is 0.677. The summed E-state index contributed by atoms with van der Waals surface area (Å²) >= 11 is 1.61. The van der Waals surface area contributed by atoms with Crippen LogP contribution in [-0.2, 0) is 11.3 Å². The van der Waals surface area contributed by atoms with Crippen molar-refractivity contribution in [3.63, 3.8) is 0 Å². The van der Waals surface area contributed by atoms with Gasteiger partial charge < -0.3 is 10.6 Å². The van der Waals surface area contributed by atoms with E-state index in [2.05, 4.69) is 15.6 Å². The summed E-state index contributed by atoms with van der Waals surface area (Å²) in [6.45, 7) is 5.64. The second-order valence-corrected chi connectivity index (χ2v) is 3.86. The topological polar surface area (TPSA) is 54.0 Å². The molecule has 1 heterocycles. The maximum absolute atomic E-state index is 11.1. The fourth-order valence-corrected chi connectivity index (χ4v) is 1.79. The number of hydrogen-bond donors (Lipinski definition) is 2. The standard InChI is InChI=1S/C9H15N3OS/c1-3-11-9(13)5-10-4-8-7(2)12-6-14-8/h6,10H,3-5H2,1-2H3,(H,11,13). The lowest BCUT2D eigenvalue weighted by molar-refractivity contribution is -0.120. The smallest absolute Gasteiger partial charge is 0.233 e. The molecule has 0 saturated heterocycles. The fraction of sp³-hybridized carbons (Fsp3) is 0.556. The molecule has 0 aromatic carbocycles. The SMILES string of the molecule is CCNC(=O)CNCc1scnc1C. The van der Waals surface area contributed by atoms with Crippen LogP contribution in [0.1, 0.15) is 17.5 Å². The zero-order chi connectivity index (χ0) is 10.4. The van der Waals surface area contributed by atoms with Crippen molar-refractivity contribution in [1.29, 1.82) is 0 Å². The molecule has 0 fully saturated rings. The Kier molecular flexibility index (Phi) is 4.55. The number of hydrogen-bond acceptors (Lipinski definition) is 4. The van der Waals surface area contributed by atoms with E-state index in [1.807, 2.05) is 19.4 Å². The van der Waals surface area contributed by atoms with Crippen LogP contribution in [0.15, 0.2) is 5.51 Å². The van der Waals surface area contributed by atoms with Crippen LogP contribution in [0.2, 0.25) is 0 Å². The molecule has 5 heteroatoms. The van der Waals surface area contributed by atoms with Gasteiger partial charge in [-0.25, -0.2) is 4.98 Å². The van der Waals surface area contributed by atoms with Crippen molar-refractivity contribution in [2.24, 2.45) is 0 Å². The van der Waals surface area contributed by atoms with Crippen LogP contribution in [0, 0.1) is 6.92 Å². The zero-order valence-corrected chi connectivity index (χ0v) is 9.28. The molecule has 14 heavy (non-hydrogen) atoms. The molecule has 0 aliphatic rings. The molecule has 78 valence electrons. The highest BCUT2D eigenvalue weighted by Crippen LogP contribution is 2.10. The Morgan fingerprint density at radius 3 is 3.00 bits per heavy atom. The van der Waals surface area contributed by atoms with Gasteiger partial charge in [0.1, 0.15) is 0 Å². The number of amides is 1. The Labute approximate surface area is 87.7 Å². The Balaban J connectivity index is 2.22. The van der Waals surface area contributed by atoms with Gasteiger partial charge in [-0.1, -0.05) is 0 Å². The Morgan fingerprint density at radius 1 is 1.64 bits per heavy atom. The number of aryl methyl sites for hydroxylation is 1. The molecule has 1 rings (SSSR count). The number of aromatic nitrogens is 1. The molecule has 0 atom stereocenters. The Hall–Kier alpha value is -0.940. The largest absolute Gasteiger partial charge is 0.355 e. The highest BCUT2D eigenvalue weighted by molar-refractivity contribution is 7.09. The van der Waals surface area contributed by atoms with Crippen molar-refractivity contribution in [2.45, 2.75) is 20.4 Å². The number of rotatable bonds is 5. The van der Waals surface area contributed by atoms with E-state index < -0.39 is 0 Å². The minimum absolute atomic E-state index is 0.0367. The van der Waals surface area contributed by atoms with E-state index in [0.717, 1.165) is 5.69 Å². The summed E-state index contributed by atoms with van der Waals surface area (Å²) in [5, 5.41) is 5.80. The quantitative estimate of drug-likeness (QED) is 0.756. The van der Waals surface area contributed by atoms with E-state index in [0.29, 0.717) is 19.6 Å². The van der Waals surface area contributed by atoms with Crippen LogP contribution in [0.25, 0.3) is 0 Å². The number of carbonyl (C=O) groups excluding carboxylic acids is 1. The fourth-order valence-electron chi connectivity index (χ4n) is 1.05. The first-order valence-corrected chi connectivity index (χ1v) is 5.48. The van der Waals surface area contributed by atoms with E-state index in [1.165, 1.54) is 4.88 Å². The molecule has 0 saturated carbocycles. The summed E-state index contributed by atoms with van der Waals surface area (Å²) in [6.07, 6.45) is 0. The summed E-state index contributed by atoms with van der Waals surface area (Å²) in [4.78, 5) is 16.4. The minimum atomic E-state index is 0.0367. The third kappa shape index (κ3) is 3.43. The number of likely N-dealkylation sites (N-methyl/N-ethyl adjacent to an activating group) is 1. The van der Waals surface area contributed by atoms with Crippen molar-refractivity contribution in [3.8, 4) is 0 Å². The Bertz CT molecular complexity index is 298. The summed E-state index contributed by atoms with van der Waals surface area (Å²) in [6, 6.07) is 0. The number of carbonyl (C=O) groups is 1. The van der Waals surface area contributed by atoms with Gasteiger partial charge in [-0.05, 0) is 13.8 Å². The van der Waals surface area contributed by atoms with Gasteiger partial charge in [0.25, 0.3) is 0 Å². The van der Waals surface area contributed by atoms with Gasteiger partial charge >= 0.3 is 0 Å². The van der Waals surface area contributed by atoms with Gasteiger partial charge in [-0.2, -0.15) is 0 Å². The van der Waals surface area contributed by atoms with Gasteiger partial charge in [0, 0.05) is 18.0 Å². The van der Waals surface area contributed by atoms with Crippen molar-refractivity contribution < 1.29 is 4.79 Å². The van der Waals surface area contributed by atoms with Crippen LogP contribution < -0.4 is 10.6 Å². The molecule has 2 N–H and O–H groups in total. The maximum Gasteiger partial charge on any atom is 0.233 e. The number of thiazole rings is 1. The van der Waals surface area contributed by atoms with E-state index in [-0.39, 0.29) is 5.91 Å². The zero-order valence-electron chi connectivity index (χ0n) is 8.46. The normalized spacial score (nSPS) is 10.1. The lowest BCUT2D eigenvalue weighted by Crippen LogP contribution is -2.33. The second-order valence-electron chi connectivity index (χ2n) is 2.92. The van der Waals surface area contributed by atoms with Gasteiger partial charge in [0.05, 0.1) is 17.7 Å². The highest BCUT2D eigenvalue weighted by Gasteiger charge is 2.02. The van der Waals surface area contributed by atoms with Crippen LogP contribution in [0.5, 0.6) is 0 Å². The summed E-state index contributed by atoms with van der Waals surface area (Å²) < 4.78 is 0. The van der Waals surface area contributed by atoms with Crippen molar-refractivity contribution >= 4 is 17.2 Å². The molecule has 0 spiro atoms. The van der Waals surface area contributed by atoms with Crippen molar-refractivity contribution in [3.05, 3.63) is 16.1 Å².